The summed E-state index contributed by atoms with van der Waals surface area (Å²) in [7, 11) is 0. The number of carbonyl (C=O) groups excluding carboxylic acids is 3. The Morgan fingerprint density at radius 2 is 1.85 bits per heavy atom. The molecule has 2 rings (SSSR count). The van der Waals surface area contributed by atoms with E-state index in [-0.39, 0.29) is 17.0 Å². The third-order valence-electron chi connectivity index (χ3n) is 3.67. The summed E-state index contributed by atoms with van der Waals surface area (Å²) in [6, 6.07) is 12.9. The molecule has 26 heavy (non-hydrogen) atoms. The van der Waals surface area contributed by atoms with Crippen LogP contribution in [0.3, 0.4) is 0 Å². The van der Waals surface area contributed by atoms with Gasteiger partial charge in [0.15, 0.2) is 12.4 Å². The number of nitrogen functional groups attached to an aromatic ring is 1. The van der Waals surface area contributed by atoms with Gasteiger partial charge < -0.3 is 15.8 Å². The highest BCUT2D eigenvalue weighted by Gasteiger charge is 2.19. The van der Waals surface area contributed by atoms with Gasteiger partial charge in [-0.25, -0.2) is 4.79 Å². The molecule has 0 saturated carbocycles. The van der Waals surface area contributed by atoms with Gasteiger partial charge in [0.1, 0.15) is 0 Å². The number of Topliss-reactive ketones (excluding diaryl/α,β-unsaturated/α-hetero) is 1. The van der Waals surface area contributed by atoms with Crippen molar-refractivity contribution in [2.45, 2.75) is 19.4 Å². The number of halogens is 1. The Kier molecular flexibility index (Phi) is 6.74. The number of esters is 1. The summed E-state index contributed by atoms with van der Waals surface area (Å²) >= 11 is 5.79. The highest BCUT2D eigenvalue weighted by molar-refractivity contribution is 6.33. The lowest BCUT2D eigenvalue weighted by atomic mass is 10.0. The molecule has 0 aliphatic carbocycles. The van der Waals surface area contributed by atoms with Crippen LogP contribution in [-0.4, -0.2) is 30.3 Å². The molecule has 0 radical (unpaired) electrons. The van der Waals surface area contributed by atoms with E-state index in [4.69, 9.17) is 22.1 Å². The first-order chi connectivity index (χ1) is 12.4. The molecule has 0 aliphatic heterocycles. The Morgan fingerprint density at radius 1 is 1.15 bits per heavy atom. The molecule has 3 N–H and O–H groups in total. The predicted molar refractivity (Wildman–Crippen MR) is 98.9 cm³/mol. The molecular weight excluding hydrogens is 356 g/mol. The number of nitrogens with one attached hydrogen (secondary N) is 1. The summed E-state index contributed by atoms with van der Waals surface area (Å²) in [6.07, 6.45) is 0.365. The molecule has 7 heteroatoms. The monoisotopic (exact) mass is 374 g/mol. The van der Waals surface area contributed by atoms with Gasteiger partial charge >= 0.3 is 5.97 Å². The summed E-state index contributed by atoms with van der Waals surface area (Å²) in [5.74, 6) is -1.44. The number of nitrogens with two attached hydrogens (primary N) is 1. The summed E-state index contributed by atoms with van der Waals surface area (Å²) < 4.78 is 4.95. The zero-order valence-electron chi connectivity index (χ0n) is 14.2. The van der Waals surface area contributed by atoms with Crippen LogP contribution in [-0.2, 0) is 20.7 Å². The number of hydrogen-bond donors (Lipinski definition) is 2. The van der Waals surface area contributed by atoms with Crippen molar-refractivity contribution >= 4 is 34.9 Å². The minimum absolute atomic E-state index is 0.181. The minimum atomic E-state index is -0.703. The smallest absolute Gasteiger partial charge is 0.338 e. The number of hydrogen-bond acceptors (Lipinski definition) is 5. The van der Waals surface area contributed by atoms with E-state index in [1.807, 2.05) is 30.3 Å². The Hall–Kier alpha value is -2.86. The number of ketones is 1. The van der Waals surface area contributed by atoms with Crippen LogP contribution in [0.2, 0.25) is 5.02 Å². The molecule has 1 atom stereocenters. The van der Waals surface area contributed by atoms with Crippen molar-refractivity contribution in [3.8, 4) is 0 Å². The molecule has 0 aromatic heterocycles. The lowest BCUT2D eigenvalue weighted by molar-refractivity contribution is -0.128. The van der Waals surface area contributed by atoms with E-state index >= 15 is 0 Å². The van der Waals surface area contributed by atoms with E-state index in [1.165, 1.54) is 25.1 Å². The molecule has 1 amide bonds. The molecule has 0 saturated heterocycles. The molecular formula is C19H19ClN2O4. The lowest BCUT2D eigenvalue weighted by Crippen LogP contribution is -2.43. The third-order valence-corrected chi connectivity index (χ3v) is 4.02. The van der Waals surface area contributed by atoms with Gasteiger partial charge in [0.2, 0.25) is 0 Å². The van der Waals surface area contributed by atoms with Gasteiger partial charge in [-0.05, 0) is 37.1 Å². The zero-order chi connectivity index (χ0) is 19.1. The van der Waals surface area contributed by atoms with Gasteiger partial charge in [0, 0.05) is 0 Å². The molecule has 0 bridgehead atoms. The van der Waals surface area contributed by atoms with Crippen molar-refractivity contribution in [1.29, 1.82) is 0 Å². The first kappa shape index (κ1) is 19.5. The normalized spacial score (nSPS) is 11.5. The van der Waals surface area contributed by atoms with Gasteiger partial charge in [0.25, 0.3) is 5.91 Å². The quantitative estimate of drug-likeness (QED) is 0.572. The summed E-state index contributed by atoms with van der Waals surface area (Å²) in [5.41, 5.74) is 6.98. The van der Waals surface area contributed by atoms with E-state index < -0.39 is 24.5 Å². The molecule has 0 unspecified atom stereocenters. The van der Waals surface area contributed by atoms with Gasteiger partial charge in [-0.2, -0.15) is 0 Å². The molecule has 0 aliphatic rings. The van der Waals surface area contributed by atoms with Crippen LogP contribution in [0.5, 0.6) is 0 Å². The van der Waals surface area contributed by atoms with Crippen LogP contribution in [0.4, 0.5) is 5.69 Å². The van der Waals surface area contributed by atoms with E-state index in [9.17, 15) is 14.4 Å². The lowest BCUT2D eigenvalue weighted by Gasteiger charge is -2.16. The average Bonchev–Trinajstić information content (AvgIpc) is 2.62. The highest BCUT2D eigenvalue weighted by atomic mass is 35.5. The molecule has 0 heterocycles. The number of ether oxygens (including phenoxy) is 1. The standard InChI is InChI=1S/C19H19ClN2O4/c1-12(23)17(9-13-5-3-2-4-6-13)22-18(24)11-26-19(25)14-7-8-15(20)16(21)10-14/h2-8,10,17H,9,11,21H2,1H3,(H,22,24)/t17-/m1/s1. The molecule has 0 spiro atoms. The van der Waals surface area contributed by atoms with Crippen molar-refractivity contribution in [2.24, 2.45) is 0 Å². The highest BCUT2D eigenvalue weighted by Crippen LogP contribution is 2.19. The van der Waals surface area contributed by atoms with Gasteiger partial charge in [-0.1, -0.05) is 41.9 Å². The van der Waals surface area contributed by atoms with Gasteiger partial charge in [0.05, 0.1) is 22.3 Å². The number of amides is 1. The van der Waals surface area contributed by atoms with Crippen LogP contribution >= 0.6 is 11.6 Å². The second-order valence-electron chi connectivity index (χ2n) is 5.73. The van der Waals surface area contributed by atoms with Gasteiger partial charge in [-0.3, -0.25) is 9.59 Å². The zero-order valence-corrected chi connectivity index (χ0v) is 15.0. The van der Waals surface area contributed by atoms with Crippen LogP contribution in [0, 0.1) is 0 Å². The van der Waals surface area contributed by atoms with E-state index in [1.54, 1.807) is 0 Å². The topological polar surface area (TPSA) is 98.5 Å². The van der Waals surface area contributed by atoms with Crippen molar-refractivity contribution in [3.63, 3.8) is 0 Å². The van der Waals surface area contributed by atoms with Crippen molar-refractivity contribution in [1.82, 2.24) is 5.32 Å². The maximum atomic E-state index is 12.0. The van der Waals surface area contributed by atoms with E-state index in [0.717, 1.165) is 5.56 Å². The summed E-state index contributed by atoms with van der Waals surface area (Å²) in [6.45, 7) is 0.899. The molecule has 2 aromatic carbocycles. The first-order valence-electron chi connectivity index (χ1n) is 7.92. The Balaban J connectivity index is 1.90. The maximum Gasteiger partial charge on any atom is 0.338 e. The fraction of sp³-hybridized carbons (Fsp3) is 0.211. The Bertz CT molecular complexity index is 808. The number of benzene rings is 2. The number of rotatable bonds is 7. The van der Waals surface area contributed by atoms with Crippen molar-refractivity contribution in [3.05, 3.63) is 64.7 Å². The fourth-order valence-electron chi connectivity index (χ4n) is 2.27. The summed E-state index contributed by atoms with van der Waals surface area (Å²) in [4.78, 5) is 35.7. The second-order valence-corrected chi connectivity index (χ2v) is 6.14. The number of anilines is 1. The van der Waals surface area contributed by atoms with E-state index in [2.05, 4.69) is 5.32 Å². The van der Waals surface area contributed by atoms with Crippen molar-refractivity contribution < 1.29 is 19.1 Å². The SMILES string of the molecule is CC(=O)[C@@H](Cc1ccccc1)NC(=O)COC(=O)c1ccc(Cl)c(N)c1. The molecule has 136 valence electrons. The fourth-order valence-corrected chi connectivity index (χ4v) is 2.38. The molecule has 2 aromatic rings. The second kappa shape index (κ2) is 9.01. The Morgan fingerprint density at radius 3 is 2.46 bits per heavy atom. The maximum absolute atomic E-state index is 12.0. The van der Waals surface area contributed by atoms with Crippen molar-refractivity contribution in [2.75, 3.05) is 12.3 Å². The Labute approximate surface area is 156 Å². The van der Waals surface area contributed by atoms with Crippen LogP contribution in [0.25, 0.3) is 0 Å². The number of carbonyl (C=O) groups is 3. The van der Waals surface area contributed by atoms with E-state index in [0.29, 0.717) is 11.4 Å². The van der Waals surface area contributed by atoms with Crippen LogP contribution in [0.1, 0.15) is 22.8 Å². The average molecular weight is 375 g/mol. The predicted octanol–water partition coefficient (Wildman–Crippen LogP) is 2.40. The summed E-state index contributed by atoms with van der Waals surface area (Å²) in [5, 5.41) is 2.90. The third kappa shape index (κ3) is 5.60. The first-order valence-corrected chi connectivity index (χ1v) is 8.30. The largest absolute Gasteiger partial charge is 0.452 e. The minimum Gasteiger partial charge on any atom is -0.452 e. The van der Waals surface area contributed by atoms with Gasteiger partial charge in [-0.15, -0.1) is 0 Å². The molecule has 0 fully saturated rings. The molecule has 6 nitrogen and oxygen atoms in total. The van der Waals surface area contributed by atoms with Crippen LogP contribution in [0.15, 0.2) is 48.5 Å². The van der Waals surface area contributed by atoms with Crippen LogP contribution < -0.4 is 11.1 Å².